The van der Waals surface area contributed by atoms with Crippen molar-refractivity contribution in [3.05, 3.63) is 126 Å². The van der Waals surface area contributed by atoms with Crippen LogP contribution in [-0.2, 0) is 28.6 Å². The second kappa shape index (κ2) is 14.5. The van der Waals surface area contributed by atoms with Crippen LogP contribution in [0.1, 0.15) is 16.7 Å². The summed E-state index contributed by atoms with van der Waals surface area (Å²) >= 11 is 0. The quantitative estimate of drug-likeness (QED) is 0.214. The van der Waals surface area contributed by atoms with Gasteiger partial charge in [0.2, 0.25) is 0 Å². The molecule has 0 spiro atoms. The topological polar surface area (TPSA) is 78.9 Å². The number of ether oxygens (including phenoxy) is 3. The molecule has 0 saturated carbocycles. The molecular formula is C30H26O6. The average molecular weight is 483 g/mol. The van der Waals surface area contributed by atoms with Gasteiger partial charge < -0.3 is 14.2 Å². The summed E-state index contributed by atoms with van der Waals surface area (Å²) in [5, 5.41) is 0. The molecular weight excluding hydrogens is 456 g/mol. The minimum atomic E-state index is -0.985. The highest BCUT2D eigenvalue weighted by molar-refractivity contribution is 5.88. The zero-order chi connectivity index (χ0) is 25.4. The highest BCUT2D eigenvalue weighted by Crippen LogP contribution is 2.06. The third-order valence-electron chi connectivity index (χ3n) is 4.74. The van der Waals surface area contributed by atoms with Gasteiger partial charge in [-0.15, -0.1) is 0 Å². The van der Waals surface area contributed by atoms with E-state index in [-0.39, 0.29) is 13.2 Å². The van der Waals surface area contributed by atoms with E-state index >= 15 is 0 Å². The highest BCUT2D eigenvalue weighted by Gasteiger charge is 2.17. The number of benzene rings is 3. The lowest BCUT2D eigenvalue weighted by atomic mass is 10.2. The first-order valence-corrected chi connectivity index (χ1v) is 11.3. The van der Waals surface area contributed by atoms with Crippen LogP contribution in [0.2, 0.25) is 0 Å². The van der Waals surface area contributed by atoms with Crippen molar-refractivity contribution in [2.24, 2.45) is 0 Å². The fourth-order valence-electron chi connectivity index (χ4n) is 2.95. The molecule has 0 saturated heterocycles. The lowest BCUT2D eigenvalue weighted by molar-refractivity contribution is -0.160. The Bertz CT molecular complexity index is 1130. The third kappa shape index (κ3) is 10.1. The first kappa shape index (κ1) is 25.9. The van der Waals surface area contributed by atoms with Crippen molar-refractivity contribution >= 4 is 36.1 Å². The predicted molar refractivity (Wildman–Crippen MR) is 138 cm³/mol. The molecule has 3 aromatic carbocycles. The van der Waals surface area contributed by atoms with Crippen molar-refractivity contribution in [1.29, 1.82) is 0 Å². The van der Waals surface area contributed by atoms with Crippen molar-refractivity contribution in [3.63, 3.8) is 0 Å². The fourth-order valence-corrected chi connectivity index (χ4v) is 2.95. The van der Waals surface area contributed by atoms with E-state index in [0.29, 0.717) is 0 Å². The van der Waals surface area contributed by atoms with E-state index in [1.165, 1.54) is 18.2 Å². The van der Waals surface area contributed by atoms with Crippen LogP contribution in [0.15, 0.2) is 109 Å². The standard InChI is InChI=1S/C30H26O6/c31-28(19-16-24-10-4-1-5-11-24)34-22-27(36-30(33)21-18-26-14-8-3-9-15-26)23-35-29(32)20-17-25-12-6-2-7-13-25/h1-21,27H,22-23H2/b19-16-,20-17-,21-18-. The molecule has 0 fully saturated rings. The molecule has 0 radical (unpaired) electrons. The van der Waals surface area contributed by atoms with Crippen molar-refractivity contribution in [2.75, 3.05) is 13.2 Å². The molecule has 0 amide bonds. The van der Waals surface area contributed by atoms with Crippen LogP contribution in [0.4, 0.5) is 0 Å². The Morgan fingerprint density at radius 2 is 0.861 bits per heavy atom. The van der Waals surface area contributed by atoms with Crippen LogP contribution in [-0.4, -0.2) is 37.2 Å². The number of hydrogen-bond donors (Lipinski definition) is 0. The molecule has 0 bridgehead atoms. The monoisotopic (exact) mass is 482 g/mol. The van der Waals surface area contributed by atoms with Crippen LogP contribution in [0.5, 0.6) is 0 Å². The lowest BCUT2D eigenvalue weighted by Crippen LogP contribution is -2.29. The minimum absolute atomic E-state index is 0.279. The Hall–Kier alpha value is -4.71. The van der Waals surface area contributed by atoms with Gasteiger partial charge in [-0.3, -0.25) is 0 Å². The van der Waals surface area contributed by atoms with E-state index in [0.717, 1.165) is 16.7 Å². The Balaban J connectivity index is 1.56. The maximum Gasteiger partial charge on any atom is 0.331 e. The molecule has 182 valence electrons. The SMILES string of the molecule is O=C(/C=C\c1ccccc1)OCC(COC(=O)/C=C\c1ccccc1)OC(=O)/C=C\c1ccccc1. The molecule has 0 aliphatic rings. The van der Waals surface area contributed by atoms with Crippen LogP contribution in [0, 0.1) is 0 Å². The molecule has 3 aromatic rings. The van der Waals surface area contributed by atoms with E-state index in [1.807, 2.05) is 91.0 Å². The van der Waals surface area contributed by atoms with Crippen molar-refractivity contribution in [2.45, 2.75) is 6.10 Å². The van der Waals surface area contributed by atoms with Gasteiger partial charge in [0.05, 0.1) is 0 Å². The van der Waals surface area contributed by atoms with Gasteiger partial charge in [0.15, 0.2) is 6.10 Å². The smallest absolute Gasteiger partial charge is 0.331 e. The Kier molecular flexibility index (Phi) is 10.5. The third-order valence-corrected chi connectivity index (χ3v) is 4.74. The zero-order valence-electron chi connectivity index (χ0n) is 19.6. The molecule has 0 aliphatic heterocycles. The van der Waals surface area contributed by atoms with Crippen LogP contribution in [0.3, 0.4) is 0 Å². The molecule has 0 unspecified atom stereocenters. The molecule has 0 atom stereocenters. The van der Waals surface area contributed by atoms with Crippen LogP contribution >= 0.6 is 0 Å². The molecule has 0 aliphatic carbocycles. The molecule has 0 heterocycles. The first-order valence-electron chi connectivity index (χ1n) is 11.3. The normalized spacial score (nSPS) is 11.2. The van der Waals surface area contributed by atoms with Gasteiger partial charge in [-0.2, -0.15) is 0 Å². The van der Waals surface area contributed by atoms with Crippen molar-refractivity contribution in [3.8, 4) is 0 Å². The minimum Gasteiger partial charge on any atom is -0.458 e. The number of carbonyl (C=O) groups excluding carboxylic acids is 3. The Morgan fingerprint density at radius 1 is 0.528 bits per heavy atom. The summed E-state index contributed by atoms with van der Waals surface area (Å²) in [5.41, 5.74) is 2.49. The van der Waals surface area contributed by atoms with Gasteiger partial charge in [-0.1, -0.05) is 91.0 Å². The number of carbonyl (C=O) groups is 3. The van der Waals surface area contributed by atoms with E-state index in [9.17, 15) is 14.4 Å². The van der Waals surface area contributed by atoms with Crippen LogP contribution < -0.4 is 0 Å². The molecule has 0 aromatic heterocycles. The maximum atomic E-state index is 12.3. The van der Waals surface area contributed by atoms with Gasteiger partial charge in [0.1, 0.15) is 13.2 Å². The summed E-state index contributed by atoms with van der Waals surface area (Å²) in [7, 11) is 0. The average Bonchev–Trinajstić information content (AvgIpc) is 2.92. The summed E-state index contributed by atoms with van der Waals surface area (Å²) in [6, 6.07) is 27.8. The summed E-state index contributed by atoms with van der Waals surface area (Å²) in [6.07, 6.45) is 7.65. The summed E-state index contributed by atoms with van der Waals surface area (Å²) in [5.74, 6) is -1.89. The molecule has 6 nitrogen and oxygen atoms in total. The highest BCUT2D eigenvalue weighted by atomic mass is 16.6. The lowest BCUT2D eigenvalue weighted by Gasteiger charge is -2.16. The molecule has 36 heavy (non-hydrogen) atoms. The largest absolute Gasteiger partial charge is 0.458 e. The van der Waals surface area contributed by atoms with E-state index < -0.39 is 24.0 Å². The zero-order valence-corrected chi connectivity index (χ0v) is 19.6. The second-order valence-electron chi connectivity index (χ2n) is 7.55. The van der Waals surface area contributed by atoms with Crippen molar-refractivity contribution in [1.82, 2.24) is 0 Å². The Labute approximate surface area is 210 Å². The van der Waals surface area contributed by atoms with Gasteiger partial charge in [-0.25, -0.2) is 14.4 Å². The number of rotatable bonds is 11. The molecule has 6 heteroatoms. The summed E-state index contributed by atoms with van der Waals surface area (Å²) < 4.78 is 15.8. The van der Waals surface area contributed by atoms with E-state index in [1.54, 1.807) is 18.2 Å². The summed E-state index contributed by atoms with van der Waals surface area (Å²) in [6.45, 7) is -0.558. The number of esters is 3. The summed E-state index contributed by atoms with van der Waals surface area (Å²) in [4.78, 5) is 36.6. The van der Waals surface area contributed by atoms with Crippen molar-refractivity contribution < 1.29 is 28.6 Å². The van der Waals surface area contributed by atoms with Gasteiger partial charge in [0.25, 0.3) is 0 Å². The number of hydrogen-bond acceptors (Lipinski definition) is 6. The molecule has 0 N–H and O–H groups in total. The van der Waals surface area contributed by atoms with Crippen LogP contribution in [0.25, 0.3) is 18.2 Å². The van der Waals surface area contributed by atoms with Gasteiger partial charge >= 0.3 is 17.9 Å². The molecule has 3 rings (SSSR count). The Morgan fingerprint density at radius 3 is 1.22 bits per heavy atom. The van der Waals surface area contributed by atoms with E-state index in [2.05, 4.69) is 0 Å². The predicted octanol–water partition coefficient (Wildman–Crippen LogP) is 5.12. The fraction of sp³-hybridized carbons (Fsp3) is 0.100. The van der Waals surface area contributed by atoms with Gasteiger partial charge in [0, 0.05) is 18.2 Å². The second-order valence-corrected chi connectivity index (χ2v) is 7.55. The first-order chi connectivity index (χ1) is 17.6. The van der Waals surface area contributed by atoms with E-state index in [4.69, 9.17) is 14.2 Å². The van der Waals surface area contributed by atoms with Gasteiger partial charge in [-0.05, 0) is 34.9 Å². The maximum absolute atomic E-state index is 12.3.